The maximum atomic E-state index is 12.4. The van der Waals surface area contributed by atoms with E-state index in [1.165, 1.54) is 11.4 Å². The summed E-state index contributed by atoms with van der Waals surface area (Å²) in [7, 11) is -2.25. The Morgan fingerprint density at radius 1 is 1.38 bits per heavy atom. The molecule has 1 saturated carbocycles. The standard InChI is InChI=1S/C14H20N2O4S/c1-20-14(17)8-9-21(18,19)16(12-6-7-12)10-11-4-2-3-5-13(11)15/h2-5,12H,6-10,15H2,1H3. The predicted molar refractivity (Wildman–Crippen MR) is 79.8 cm³/mol. The van der Waals surface area contributed by atoms with E-state index in [0.29, 0.717) is 5.69 Å². The number of sulfonamides is 1. The summed E-state index contributed by atoms with van der Waals surface area (Å²) in [6.07, 6.45) is 1.57. The van der Waals surface area contributed by atoms with Crippen LogP contribution in [-0.2, 0) is 26.1 Å². The average molecular weight is 312 g/mol. The molecule has 1 aliphatic rings. The number of carbonyl (C=O) groups excluding carboxylic acids is 1. The highest BCUT2D eigenvalue weighted by Gasteiger charge is 2.37. The van der Waals surface area contributed by atoms with Crippen LogP contribution in [0.5, 0.6) is 0 Å². The molecule has 1 aromatic rings. The molecule has 116 valence electrons. The highest BCUT2D eigenvalue weighted by molar-refractivity contribution is 7.89. The molecule has 2 rings (SSSR count). The highest BCUT2D eigenvalue weighted by Crippen LogP contribution is 2.32. The lowest BCUT2D eigenvalue weighted by atomic mass is 10.2. The van der Waals surface area contributed by atoms with Crippen LogP contribution in [0.3, 0.4) is 0 Å². The Labute approximate surface area is 124 Å². The largest absolute Gasteiger partial charge is 0.469 e. The first-order valence-corrected chi connectivity index (χ1v) is 8.44. The summed E-state index contributed by atoms with van der Waals surface area (Å²) in [6.45, 7) is 0.251. The van der Waals surface area contributed by atoms with Crippen LogP contribution in [0, 0.1) is 0 Å². The van der Waals surface area contributed by atoms with Crippen molar-refractivity contribution in [2.75, 3.05) is 18.6 Å². The van der Waals surface area contributed by atoms with E-state index in [0.717, 1.165) is 18.4 Å². The lowest BCUT2D eigenvalue weighted by molar-refractivity contribution is -0.140. The van der Waals surface area contributed by atoms with Gasteiger partial charge in [-0.2, -0.15) is 4.31 Å². The van der Waals surface area contributed by atoms with Gasteiger partial charge in [-0.05, 0) is 24.5 Å². The van der Waals surface area contributed by atoms with Crippen molar-refractivity contribution in [2.24, 2.45) is 0 Å². The third-order valence-corrected chi connectivity index (χ3v) is 5.35. The Morgan fingerprint density at radius 2 is 2.05 bits per heavy atom. The summed E-state index contributed by atoms with van der Waals surface area (Å²) in [5.41, 5.74) is 7.24. The van der Waals surface area contributed by atoms with Gasteiger partial charge in [0.2, 0.25) is 10.0 Å². The molecule has 7 heteroatoms. The van der Waals surface area contributed by atoms with Gasteiger partial charge in [-0.15, -0.1) is 0 Å². The van der Waals surface area contributed by atoms with Crippen LogP contribution >= 0.6 is 0 Å². The molecule has 2 N–H and O–H groups in total. The first-order valence-electron chi connectivity index (χ1n) is 6.84. The molecule has 0 aromatic heterocycles. The molecule has 0 radical (unpaired) electrons. The normalized spacial score (nSPS) is 15.1. The summed E-state index contributed by atoms with van der Waals surface area (Å²) >= 11 is 0. The second-order valence-electron chi connectivity index (χ2n) is 5.12. The highest BCUT2D eigenvalue weighted by atomic mass is 32.2. The van der Waals surface area contributed by atoms with E-state index in [1.54, 1.807) is 6.07 Å². The quantitative estimate of drug-likeness (QED) is 0.602. The molecule has 0 spiro atoms. The molecular weight excluding hydrogens is 292 g/mol. The van der Waals surface area contributed by atoms with Crippen molar-refractivity contribution in [1.29, 1.82) is 0 Å². The zero-order chi connectivity index (χ0) is 15.5. The number of hydrogen-bond acceptors (Lipinski definition) is 5. The number of para-hydroxylation sites is 1. The predicted octanol–water partition coefficient (Wildman–Crippen LogP) is 1.13. The molecule has 21 heavy (non-hydrogen) atoms. The number of nitrogens with zero attached hydrogens (tertiary/aromatic N) is 1. The first-order chi connectivity index (χ1) is 9.94. The summed E-state index contributed by atoms with van der Waals surface area (Å²) in [6, 6.07) is 7.23. The van der Waals surface area contributed by atoms with E-state index in [1.807, 2.05) is 18.2 Å². The Morgan fingerprint density at radius 3 is 2.62 bits per heavy atom. The topological polar surface area (TPSA) is 89.7 Å². The molecule has 0 heterocycles. The Balaban J connectivity index is 2.12. The number of hydrogen-bond donors (Lipinski definition) is 1. The Hall–Kier alpha value is -1.60. The minimum absolute atomic E-state index is 0.0206. The first kappa shape index (κ1) is 15.8. The summed E-state index contributed by atoms with van der Waals surface area (Å²) in [4.78, 5) is 11.2. The molecule has 1 fully saturated rings. The van der Waals surface area contributed by atoms with Crippen LogP contribution in [0.2, 0.25) is 0 Å². The van der Waals surface area contributed by atoms with E-state index >= 15 is 0 Å². The summed E-state index contributed by atoms with van der Waals surface area (Å²) in [5, 5.41) is 0. The van der Waals surface area contributed by atoms with Crippen LogP contribution in [0.25, 0.3) is 0 Å². The van der Waals surface area contributed by atoms with Crippen LogP contribution < -0.4 is 5.73 Å². The van der Waals surface area contributed by atoms with Crippen LogP contribution in [0.1, 0.15) is 24.8 Å². The second-order valence-corrected chi connectivity index (χ2v) is 7.16. The van der Waals surface area contributed by atoms with Crippen molar-refractivity contribution < 1.29 is 17.9 Å². The molecule has 0 aliphatic heterocycles. The van der Waals surface area contributed by atoms with Gasteiger partial charge >= 0.3 is 5.97 Å². The molecule has 0 bridgehead atoms. The van der Waals surface area contributed by atoms with E-state index in [4.69, 9.17) is 5.73 Å². The zero-order valence-corrected chi connectivity index (χ0v) is 12.8. The minimum Gasteiger partial charge on any atom is -0.469 e. The van der Waals surface area contributed by atoms with Gasteiger partial charge in [0.25, 0.3) is 0 Å². The fourth-order valence-corrected chi connectivity index (χ4v) is 3.75. The number of methoxy groups -OCH3 is 1. The van der Waals surface area contributed by atoms with Crippen LogP contribution in [-0.4, -0.2) is 37.6 Å². The molecular formula is C14H20N2O4S. The van der Waals surface area contributed by atoms with Crippen molar-refractivity contribution in [3.63, 3.8) is 0 Å². The summed E-state index contributed by atoms with van der Waals surface area (Å²) < 4.78 is 30.8. The van der Waals surface area contributed by atoms with Gasteiger partial charge in [0, 0.05) is 18.3 Å². The van der Waals surface area contributed by atoms with Gasteiger partial charge in [-0.3, -0.25) is 4.79 Å². The van der Waals surface area contributed by atoms with Crippen LogP contribution in [0.15, 0.2) is 24.3 Å². The van der Waals surface area contributed by atoms with E-state index in [-0.39, 0.29) is 24.8 Å². The van der Waals surface area contributed by atoms with Crippen molar-refractivity contribution in [1.82, 2.24) is 4.31 Å². The molecule has 0 unspecified atom stereocenters. The van der Waals surface area contributed by atoms with Crippen LogP contribution in [0.4, 0.5) is 5.69 Å². The van der Waals surface area contributed by atoms with Crippen molar-refractivity contribution in [3.8, 4) is 0 Å². The van der Waals surface area contributed by atoms with Gasteiger partial charge in [0.1, 0.15) is 0 Å². The SMILES string of the molecule is COC(=O)CCS(=O)(=O)N(Cc1ccccc1N)C1CC1. The number of anilines is 1. The molecule has 0 atom stereocenters. The number of carbonyl (C=O) groups is 1. The molecule has 6 nitrogen and oxygen atoms in total. The average Bonchev–Trinajstić information content (AvgIpc) is 3.28. The van der Waals surface area contributed by atoms with Crippen molar-refractivity contribution in [3.05, 3.63) is 29.8 Å². The Bertz CT molecular complexity index is 611. The molecule has 1 aliphatic carbocycles. The Kier molecular flexibility index (Phi) is 4.84. The van der Waals surface area contributed by atoms with E-state index in [2.05, 4.69) is 4.74 Å². The number of benzene rings is 1. The third kappa shape index (κ3) is 4.18. The lowest BCUT2D eigenvalue weighted by Crippen LogP contribution is -2.35. The van der Waals surface area contributed by atoms with Gasteiger partial charge in [-0.1, -0.05) is 18.2 Å². The maximum absolute atomic E-state index is 12.4. The number of nitrogens with two attached hydrogens (primary N) is 1. The monoisotopic (exact) mass is 312 g/mol. The lowest BCUT2D eigenvalue weighted by Gasteiger charge is -2.22. The third-order valence-electron chi connectivity index (χ3n) is 3.48. The fraction of sp³-hybridized carbons (Fsp3) is 0.500. The summed E-state index contributed by atoms with van der Waals surface area (Å²) in [5.74, 6) is -0.753. The van der Waals surface area contributed by atoms with Crippen molar-refractivity contribution >= 4 is 21.7 Å². The smallest absolute Gasteiger partial charge is 0.306 e. The minimum atomic E-state index is -3.50. The number of rotatable bonds is 7. The second kappa shape index (κ2) is 6.44. The van der Waals surface area contributed by atoms with Gasteiger partial charge < -0.3 is 10.5 Å². The maximum Gasteiger partial charge on any atom is 0.306 e. The number of ether oxygens (including phenoxy) is 1. The fourth-order valence-electron chi connectivity index (χ4n) is 2.09. The number of esters is 1. The van der Waals surface area contributed by atoms with Gasteiger partial charge in [0.15, 0.2) is 0 Å². The molecule has 1 aromatic carbocycles. The van der Waals surface area contributed by atoms with Gasteiger partial charge in [-0.25, -0.2) is 8.42 Å². The van der Waals surface area contributed by atoms with E-state index in [9.17, 15) is 13.2 Å². The van der Waals surface area contributed by atoms with Crippen molar-refractivity contribution in [2.45, 2.75) is 31.8 Å². The molecule has 0 saturated heterocycles. The molecule has 0 amide bonds. The van der Waals surface area contributed by atoms with Gasteiger partial charge in [0.05, 0.1) is 19.3 Å². The number of nitrogen functional groups attached to an aromatic ring is 1. The zero-order valence-electron chi connectivity index (χ0n) is 12.0. The van der Waals surface area contributed by atoms with E-state index < -0.39 is 16.0 Å².